The normalized spacial score (nSPS) is 11.7. The maximum Gasteiger partial charge on any atom is 0.0176 e. The van der Waals surface area contributed by atoms with Crippen molar-refractivity contribution in [2.75, 3.05) is 0 Å². The Bertz CT molecular complexity index is 277. The van der Waals surface area contributed by atoms with E-state index in [0.29, 0.717) is 4.75 Å². The standard InChI is InChI=1S/C12H17BrS/c1-4-9-12(2,3)14-11-7-5-10(13)6-8-11/h5-8H,4,9H2,1-3H3. The molecule has 0 spiro atoms. The van der Waals surface area contributed by atoms with Gasteiger partial charge in [-0.15, -0.1) is 11.8 Å². The second kappa shape index (κ2) is 5.22. The van der Waals surface area contributed by atoms with E-state index >= 15 is 0 Å². The summed E-state index contributed by atoms with van der Waals surface area (Å²) < 4.78 is 1.50. The summed E-state index contributed by atoms with van der Waals surface area (Å²) >= 11 is 5.40. The highest BCUT2D eigenvalue weighted by Crippen LogP contribution is 2.36. The average molecular weight is 273 g/mol. The molecule has 0 N–H and O–H groups in total. The first-order valence-electron chi connectivity index (χ1n) is 4.98. The van der Waals surface area contributed by atoms with E-state index in [2.05, 4.69) is 61.0 Å². The lowest BCUT2D eigenvalue weighted by molar-refractivity contribution is 0.627. The molecule has 0 bridgehead atoms. The minimum absolute atomic E-state index is 0.350. The first-order chi connectivity index (χ1) is 6.53. The fourth-order valence-electron chi connectivity index (χ4n) is 1.47. The zero-order chi connectivity index (χ0) is 10.6. The van der Waals surface area contributed by atoms with Gasteiger partial charge < -0.3 is 0 Å². The summed E-state index contributed by atoms with van der Waals surface area (Å²) in [5.41, 5.74) is 0. The molecule has 0 unspecified atom stereocenters. The number of rotatable bonds is 4. The van der Waals surface area contributed by atoms with Crippen LogP contribution in [0.1, 0.15) is 33.6 Å². The van der Waals surface area contributed by atoms with E-state index < -0.39 is 0 Å². The van der Waals surface area contributed by atoms with Crippen molar-refractivity contribution >= 4 is 27.7 Å². The van der Waals surface area contributed by atoms with Gasteiger partial charge in [0, 0.05) is 14.1 Å². The molecule has 2 heteroatoms. The Hall–Kier alpha value is 0.0500. The van der Waals surface area contributed by atoms with Gasteiger partial charge in [-0.1, -0.05) is 43.1 Å². The molecule has 14 heavy (non-hydrogen) atoms. The molecular weight excluding hydrogens is 256 g/mol. The molecule has 1 aromatic rings. The van der Waals surface area contributed by atoms with Gasteiger partial charge in [0.05, 0.1) is 0 Å². The molecule has 0 amide bonds. The Morgan fingerprint density at radius 2 is 1.79 bits per heavy atom. The molecule has 0 heterocycles. The van der Waals surface area contributed by atoms with Gasteiger partial charge in [-0.05, 0) is 30.7 Å². The molecule has 0 fully saturated rings. The topological polar surface area (TPSA) is 0 Å². The summed E-state index contributed by atoms with van der Waals surface area (Å²) in [5.74, 6) is 0. The zero-order valence-electron chi connectivity index (χ0n) is 9.01. The predicted octanol–water partition coefficient (Wildman–Crippen LogP) is 5.12. The molecule has 0 atom stereocenters. The lowest BCUT2D eigenvalue weighted by atomic mass is 10.1. The first-order valence-corrected chi connectivity index (χ1v) is 6.59. The SMILES string of the molecule is CCCC(C)(C)Sc1ccc(Br)cc1. The number of halogens is 1. The molecule has 78 valence electrons. The third-order valence-electron chi connectivity index (χ3n) is 2.06. The van der Waals surface area contributed by atoms with E-state index in [4.69, 9.17) is 0 Å². The van der Waals surface area contributed by atoms with Crippen molar-refractivity contribution in [1.29, 1.82) is 0 Å². The van der Waals surface area contributed by atoms with Crippen molar-refractivity contribution < 1.29 is 0 Å². The van der Waals surface area contributed by atoms with Gasteiger partial charge in [0.2, 0.25) is 0 Å². The second-order valence-corrected chi connectivity index (χ2v) is 6.76. The van der Waals surface area contributed by atoms with E-state index in [-0.39, 0.29) is 0 Å². The van der Waals surface area contributed by atoms with E-state index in [9.17, 15) is 0 Å². The summed E-state index contributed by atoms with van der Waals surface area (Å²) in [5, 5.41) is 0. The summed E-state index contributed by atoms with van der Waals surface area (Å²) in [7, 11) is 0. The molecule has 1 rings (SSSR count). The van der Waals surface area contributed by atoms with Crippen LogP contribution in [0.4, 0.5) is 0 Å². The number of benzene rings is 1. The van der Waals surface area contributed by atoms with Crippen LogP contribution in [0.3, 0.4) is 0 Å². The summed E-state index contributed by atoms with van der Waals surface area (Å²) in [6.07, 6.45) is 2.50. The Morgan fingerprint density at radius 1 is 1.21 bits per heavy atom. The summed E-state index contributed by atoms with van der Waals surface area (Å²) in [6, 6.07) is 8.55. The minimum atomic E-state index is 0.350. The molecule has 0 nitrogen and oxygen atoms in total. The number of hydrogen-bond donors (Lipinski definition) is 0. The summed E-state index contributed by atoms with van der Waals surface area (Å²) in [6.45, 7) is 6.86. The van der Waals surface area contributed by atoms with Gasteiger partial charge in [0.1, 0.15) is 0 Å². The van der Waals surface area contributed by atoms with Crippen LogP contribution in [0.25, 0.3) is 0 Å². The van der Waals surface area contributed by atoms with Crippen molar-refractivity contribution in [3.63, 3.8) is 0 Å². The Morgan fingerprint density at radius 3 is 2.29 bits per heavy atom. The molecule has 0 aliphatic rings. The van der Waals surface area contributed by atoms with E-state index in [0.717, 1.165) is 4.47 Å². The van der Waals surface area contributed by atoms with E-state index in [1.54, 1.807) is 0 Å². The number of thioether (sulfide) groups is 1. The van der Waals surface area contributed by atoms with Gasteiger partial charge in [-0.2, -0.15) is 0 Å². The Kier molecular flexibility index (Phi) is 4.52. The lowest BCUT2D eigenvalue weighted by Crippen LogP contribution is -2.13. The van der Waals surface area contributed by atoms with Crippen LogP contribution in [0.15, 0.2) is 33.6 Å². The predicted molar refractivity (Wildman–Crippen MR) is 69.0 cm³/mol. The van der Waals surface area contributed by atoms with Crippen LogP contribution in [0.2, 0.25) is 0 Å². The maximum atomic E-state index is 3.45. The van der Waals surface area contributed by atoms with Crippen LogP contribution in [-0.4, -0.2) is 4.75 Å². The molecule has 1 aromatic carbocycles. The molecule has 0 saturated carbocycles. The zero-order valence-corrected chi connectivity index (χ0v) is 11.4. The van der Waals surface area contributed by atoms with E-state index in [1.807, 2.05) is 11.8 Å². The third-order valence-corrected chi connectivity index (χ3v) is 3.85. The number of hydrogen-bond acceptors (Lipinski definition) is 1. The van der Waals surface area contributed by atoms with Gasteiger partial charge >= 0.3 is 0 Å². The van der Waals surface area contributed by atoms with Crippen molar-refractivity contribution in [2.45, 2.75) is 43.3 Å². The summed E-state index contributed by atoms with van der Waals surface area (Å²) in [4.78, 5) is 1.35. The van der Waals surface area contributed by atoms with Crippen LogP contribution in [0, 0.1) is 0 Å². The third kappa shape index (κ3) is 4.05. The van der Waals surface area contributed by atoms with Gasteiger partial charge in [0.15, 0.2) is 0 Å². The first kappa shape index (κ1) is 12.1. The highest BCUT2D eigenvalue weighted by molar-refractivity contribution is 9.10. The molecule has 0 saturated heterocycles. The maximum absolute atomic E-state index is 3.45. The average Bonchev–Trinajstić information content (AvgIpc) is 2.08. The largest absolute Gasteiger partial charge is 0.120 e. The quantitative estimate of drug-likeness (QED) is 0.686. The van der Waals surface area contributed by atoms with Gasteiger partial charge in [-0.3, -0.25) is 0 Å². The highest BCUT2D eigenvalue weighted by atomic mass is 79.9. The minimum Gasteiger partial charge on any atom is -0.120 e. The van der Waals surface area contributed by atoms with Crippen LogP contribution in [0.5, 0.6) is 0 Å². The van der Waals surface area contributed by atoms with Crippen molar-refractivity contribution in [1.82, 2.24) is 0 Å². The molecule has 0 aliphatic carbocycles. The highest BCUT2D eigenvalue weighted by Gasteiger charge is 2.17. The van der Waals surface area contributed by atoms with Gasteiger partial charge in [0.25, 0.3) is 0 Å². The smallest absolute Gasteiger partial charge is 0.0176 e. The van der Waals surface area contributed by atoms with Crippen molar-refractivity contribution in [3.05, 3.63) is 28.7 Å². The Labute approximate surface area is 99.6 Å². The van der Waals surface area contributed by atoms with Crippen LogP contribution in [-0.2, 0) is 0 Å². The van der Waals surface area contributed by atoms with Gasteiger partial charge in [-0.25, -0.2) is 0 Å². The Balaban J connectivity index is 2.64. The monoisotopic (exact) mass is 272 g/mol. The molecule has 0 aromatic heterocycles. The fraction of sp³-hybridized carbons (Fsp3) is 0.500. The molecular formula is C12H17BrS. The fourth-order valence-corrected chi connectivity index (χ4v) is 2.96. The molecule has 0 radical (unpaired) electrons. The molecule has 0 aliphatic heterocycles. The second-order valence-electron chi connectivity index (χ2n) is 4.07. The van der Waals surface area contributed by atoms with Crippen molar-refractivity contribution in [2.24, 2.45) is 0 Å². The van der Waals surface area contributed by atoms with Crippen LogP contribution >= 0.6 is 27.7 Å². The van der Waals surface area contributed by atoms with Crippen LogP contribution < -0.4 is 0 Å². The van der Waals surface area contributed by atoms with Crippen molar-refractivity contribution in [3.8, 4) is 0 Å². The van der Waals surface area contributed by atoms with E-state index in [1.165, 1.54) is 17.7 Å². The lowest BCUT2D eigenvalue weighted by Gasteiger charge is -2.23.